The van der Waals surface area contributed by atoms with Gasteiger partial charge in [-0.1, -0.05) is 58.0 Å². The van der Waals surface area contributed by atoms with Gasteiger partial charge in [-0.15, -0.1) is 0 Å². The Morgan fingerprint density at radius 3 is 1.68 bits per heavy atom. The molecule has 0 aliphatic rings. The summed E-state index contributed by atoms with van der Waals surface area (Å²) in [6.07, 6.45) is -1.21. The first-order valence-electron chi connectivity index (χ1n) is 14.7. The molecule has 4 atom stereocenters. The van der Waals surface area contributed by atoms with Crippen molar-refractivity contribution in [1.29, 1.82) is 0 Å². The highest BCUT2D eigenvalue weighted by Crippen LogP contribution is 2.18. The Labute approximate surface area is 259 Å². The summed E-state index contributed by atoms with van der Waals surface area (Å²) in [6.45, 7) is 12.8. The number of rotatable bonds is 17. The van der Waals surface area contributed by atoms with Crippen molar-refractivity contribution in [2.24, 2.45) is 17.6 Å². The first-order chi connectivity index (χ1) is 20.5. The van der Waals surface area contributed by atoms with Crippen molar-refractivity contribution in [3.63, 3.8) is 0 Å². The van der Waals surface area contributed by atoms with Crippen LogP contribution in [-0.2, 0) is 49.6 Å². The van der Waals surface area contributed by atoms with Crippen LogP contribution in [0.1, 0.15) is 73.8 Å². The van der Waals surface area contributed by atoms with Gasteiger partial charge in [-0.3, -0.25) is 19.2 Å². The van der Waals surface area contributed by atoms with Crippen LogP contribution in [0.3, 0.4) is 0 Å². The van der Waals surface area contributed by atoms with Gasteiger partial charge in [-0.2, -0.15) is 0 Å². The van der Waals surface area contributed by atoms with Crippen LogP contribution in [0.15, 0.2) is 30.3 Å². The van der Waals surface area contributed by atoms with Crippen molar-refractivity contribution in [2.45, 2.75) is 98.0 Å². The summed E-state index contributed by atoms with van der Waals surface area (Å²) in [4.78, 5) is 77.7. The Hall–Kier alpha value is -4.00. The number of nitrogens with one attached hydrogen (secondary N) is 3. The molecule has 1 aromatic carbocycles. The number of hydrogen-bond acceptors (Lipinski definition) is 10. The molecule has 0 fully saturated rings. The van der Waals surface area contributed by atoms with E-state index < -0.39 is 71.6 Å². The molecule has 5 N–H and O–H groups in total. The van der Waals surface area contributed by atoms with Crippen molar-refractivity contribution < 1.29 is 43.0 Å². The minimum absolute atomic E-state index is 0.0682. The number of nitrogens with two attached hydrogens (primary N) is 1. The predicted octanol–water partition coefficient (Wildman–Crippen LogP) is 1.51. The Morgan fingerprint density at radius 2 is 1.23 bits per heavy atom. The van der Waals surface area contributed by atoms with E-state index in [0.29, 0.717) is 5.56 Å². The van der Waals surface area contributed by atoms with E-state index in [2.05, 4.69) is 16.0 Å². The number of carbonyl (C=O) groups excluding carboxylic acids is 6. The SMILES string of the molecule is CCOC(=O)[C@@H](NC(=O)[C@@](C)(CC(=O)OCc1ccccc1)NC(=O)C[C@@](C)(N)C(=O)N[C@H](C(=O)OCC)C(C)C)C(C)C. The first-order valence-corrected chi connectivity index (χ1v) is 14.7. The van der Waals surface area contributed by atoms with E-state index in [-0.39, 0.29) is 31.7 Å². The molecule has 0 aliphatic heterocycles. The largest absolute Gasteiger partial charge is 0.464 e. The van der Waals surface area contributed by atoms with Crippen molar-refractivity contribution in [3.8, 4) is 0 Å². The summed E-state index contributed by atoms with van der Waals surface area (Å²) in [7, 11) is 0. The van der Waals surface area contributed by atoms with Gasteiger partial charge >= 0.3 is 17.9 Å². The quantitative estimate of drug-likeness (QED) is 0.147. The third-order valence-electron chi connectivity index (χ3n) is 6.69. The lowest BCUT2D eigenvalue weighted by Gasteiger charge is -2.33. The molecule has 13 nitrogen and oxygen atoms in total. The standard InChI is InChI=1S/C31H48N4O9/c1-9-42-26(38)24(19(3)4)33-28(40)30(7,32)16-22(36)35-31(8,17-23(37)44-18-21-14-12-11-13-15-21)29(41)34-25(20(5)6)27(39)43-10-2/h11-15,19-20,24-25H,9-10,16-18,32H2,1-8H3,(H,33,40)(H,34,41)(H,35,36)/t24-,25-,30+,31+/m0/s1. The number of amides is 3. The summed E-state index contributed by atoms with van der Waals surface area (Å²) in [5.41, 5.74) is 3.19. The van der Waals surface area contributed by atoms with Gasteiger partial charge in [0.2, 0.25) is 17.7 Å². The number of benzene rings is 1. The van der Waals surface area contributed by atoms with E-state index in [0.717, 1.165) is 0 Å². The van der Waals surface area contributed by atoms with Gasteiger partial charge < -0.3 is 35.9 Å². The van der Waals surface area contributed by atoms with Crippen LogP contribution in [-0.4, -0.2) is 72.0 Å². The lowest BCUT2D eigenvalue weighted by atomic mass is 9.92. The average Bonchev–Trinajstić information content (AvgIpc) is 2.92. The van der Waals surface area contributed by atoms with Crippen molar-refractivity contribution in [2.75, 3.05) is 13.2 Å². The molecule has 0 heterocycles. The number of carbonyl (C=O) groups is 6. The molecule has 44 heavy (non-hydrogen) atoms. The smallest absolute Gasteiger partial charge is 0.328 e. The summed E-state index contributed by atoms with van der Waals surface area (Å²) in [5.74, 6) is -5.31. The molecule has 0 aliphatic carbocycles. The molecule has 0 aromatic heterocycles. The van der Waals surface area contributed by atoms with Crippen molar-refractivity contribution >= 4 is 35.6 Å². The highest BCUT2D eigenvalue weighted by molar-refractivity contribution is 5.98. The second kappa shape index (κ2) is 17.3. The molecule has 0 bridgehead atoms. The molecule has 1 rings (SSSR count). The van der Waals surface area contributed by atoms with E-state index in [4.69, 9.17) is 19.9 Å². The minimum atomic E-state index is -1.91. The summed E-state index contributed by atoms with van der Waals surface area (Å²) in [6, 6.07) is 6.80. The second-order valence-electron chi connectivity index (χ2n) is 11.7. The molecule has 0 unspecified atom stereocenters. The maximum absolute atomic E-state index is 13.6. The van der Waals surface area contributed by atoms with Crippen LogP contribution in [0.4, 0.5) is 0 Å². The fourth-order valence-electron chi connectivity index (χ4n) is 4.09. The molecule has 1 aromatic rings. The maximum atomic E-state index is 13.6. The molecular formula is C31H48N4O9. The van der Waals surface area contributed by atoms with Crippen LogP contribution < -0.4 is 21.7 Å². The zero-order valence-corrected chi connectivity index (χ0v) is 27.0. The Balaban J connectivity index is 3.19. The average molecular weight is 621 g/mol. The van der Waals surface area contributed by atoms with Crippen LogP contribution in [0.5, 0.6) is 0 Å². The van der Waals surface area contributed by atoms with Gasteiger partial charge in [0, 0.05) is 0 Å². The summed E-state index contributed by atoms with van der Waals surface area (Å²) in [5, 5.41) is 7.63. The third-order valence-corrected chi connectivity index (χ3v) is 6.69. The molecule has 0 saturated carbocycles. The third kappa shape index (κ3) is 11.9. The fraction of sp³-hybridized carbons (Fsp3) is 0.613. The van der Waals surface area contributed by atoms with Crippen LogP contribution in [0.25, 0.3) is 0 Å². The van der Waals surface area contributed by atoms with Crippen LogP contribution in [0.2, 0.25) is 0 Å². The molecule has 0 saturated heterocycles. The Bertz CT molecular complexity index is 1150. The van der Waals surface area contributed by atoms with Gasteiger partial charge in [-0.25, -0.2) is 9.59 Å². The Morgan fingerprint density at radius 1 is 0.750 bits per heavy atom. The highest BCUT2D eigenvalue weighted by Gasteiger charge is 2.43. The lowest BCUT2D eigenvalue weighted by Crippen LogP contribution is -2.63. The first kappa shape index (κ1) is 38.0. The lowest BCUT2D eigenvalue weighted by molar-refractivity contribution is -0.152. The van der Waals surface area contributed by atoms with Crippen LogP contribution >= 0.6 is 0 Å². The van der Waals surface area contributed by atoms with E-state index in [1.54, 1.807) is 65.8 Å². The molecule has 0 spiro atoms. The molecule has 13 heteroatoms. The predicted molar refractivity (Wildman–Crippen MR) is 161 cm³/mol. The van der Waals surface area contributed by atoms with Gasteiger partial charge in [-0.05, 0) is 45.1 Å². The minimum Gasteiger partial charge on any atom is -0.464 e. The zero-order chi connectivity index (χ0) is 33.7. The zero-order valence-electron chi connectivity index (χ0n) is 27.0. The van der Waals surface area contributed by atoms with Crippen LogP contribution in [0, 0.1) is 11.8 Å². The second-order valence-corrected chi connectivity index (χ2v) is 11.7. The van der Waals surface area contributed by atoms with Gasteiger partial charge in [0.15, 0.2) is 0 Å². The monoisotopic (exact) mass is 620 g/mol. The van der Waals surface area contributed by atoms with Gasteiger partial charge in [0.1, 0.15) is 29.8 Å². The number of ether oxygens (including phenoxy) is 3. The molecule has 246 valence electrons. The highest BCUT2D eigenvalue weighted by atomic mass is 16.5. The normalized spacial score (nSPS) is 15.2. The van der Waals surface area contributed by atoms with Crippen molar-refractivity contribution in [3.05, 3.63) is 35.9 Å². The topological polar surface area (TPSA) is 192 Å². The number of hydrogen-bond donors (Lipinski definition) is 4. The van der Waals surface area contributed by atoms with Gasteiger partial charge in [0.05, 0.1) is 26.1 Å². The van der Waals surface area contributed by atoms with E-state index >= 15 is 0 Å². The molecule has 0 radical (unpaired) electrons. The van der Waals surface area contributed by atoms with E-state index in [9.17, 15) is 28.8 Å². The maximum Gasteiger partial charge on any atom is 0.328 e. The number of esters is 3. The summed E-state index contributed by atoms with van der Waals surface area (Å²) < 4.78 is 15.4. The molecular weight excluding hydrogens is 572 g/mol. The Kier molecular flexibility index (Phi) is 15.0. The fourth-order valence-corrected chi connectivity index (χ4v) is 4.09. The molecule has 3 amide bonds. The van der Waals surface area contributed by atoms with E-state index in [1.807, 2.05) is 6.07 Å². The van der Waals surface area contributed by atoms with Gasteiger partial charge in [0.25, 0.3) is 0 Å². The van der Waals surface area contributed by atoms with Crippen molar-refractivity contribution in [1.82, 2.24) is 16.0 Å². The summed E-state index contributed by atoms with van der Waals surface area (Å²) >= 11 is 0. The van der Waals surface area contributed by atoms with E-state index in [1.165, 1.54) is 13.8 Å².